The predicted molar refractivity (Wildman–Crippen MR) is 103 cm³/mol. The molecule has 0 atom stereocenters. The summed E-state index contributed by atoms with van der Waals surface area (Å²) in [5, 5.41) is 2.80. The van der Waals surface area contributed by atoms with Crippen molar-refractivity contribution in [3.05, 3.63) is 76.3 Å². The van der Waals surface area contributed by atoms with Gasteiger partial charge >= 0.3 is 0 Å². The topological polar surface area (TPSA) is 82.5 Å². The molecule has 0 fully saturated rings. The third-order valence-corrected chi connectivity index (χ3v) is 4.47. The first-order chi connectivity index (χ1) is 13.6. The average Bonchev–Trinajstić information content (AvgIpc) is 3.16. The number of rotatable bonds is 5. The standard InChI is InChI=1S/C21H19N3O4/c1-14-2-5-16(6-3-14)17-9-21(26)24(12-23-17)11-20(25)22-10-15-4-7-18-19(8-15)28-13-27-18/h2-9,12H,10-11,13H2,1H3,(H,22,25). The number of nitrogens with zero attached hydrogens (tertiary/aromatic N) is 2. The molecule has 1 aromatic heterocycles. The fraction of sp³-hybridized carbons (Fsp3) is 0.190. The Morgan fingerprint density at radius 3 is 2.68 bits per heavy atom. The Bertz CT molecular complexity index is 1070. The van der Waals surface area contributed by atoms with Gasteiger partial charge in [-0.25, -0.2) is 4.98 Å². The first kappa shape index (κ1) is 17.8. The number of hydrogen-bond acceptors (Lipinski definition) is 5. The fourth-order valence-electron chi connectivity index (χ4n) is 2.89. The number of hydrogen-bond donors (Lipinski definition) is 1. The summed E-state index contributed by atoms with van der Waals surface area (Å²) < 4.78 is 11.9. The molecule has 1 amide bonds. The van der Waals surface area contributed by atoms with Crippen molar-refractivity contribution >= 4 is 5.91 Å². The van der Waals surface area contributed by atoms with Crippen LogP contribution in [0.1, 0.15) is 11.1 Å². The summed E-state index contributed by atoms with van der Waals surface area (Å²) >= 11 is 0. The highest BCUT2D eigenvalue weighted by Crippen LogP contribution is 2.32. The minimum absolute atomic E-state index is 0.0927. The van der Waals surface area contributed by atoms with Crippen LogP contribution in [0.25, 0.3) is 11.3 Å². The summed E-state index contributed by atoms with van der Waals surface area (Å²) in [5.74, 6) is 1.09. The maximum Gasteiger partial charge on any atom is 0.254 e. The van der Waals surface area contributed by atoms with Crippen molar-refractivity contribution in [1.29, 1.82) is 0 Å². The van der Waals surface area contributed by atoms with E-state index in [1.54, 1.807) is 0 Å². The molecule has 2 heterocycles. The van der Waals surface area contributed by atoms with Gasteiger partial charge in [0.2, 0.25) is 12.7 Å². The summed E-state index contributed by atoms with van der Waals surface area (Å²) in [7, 11) is 0. The van der Waals surface area contributed by atoms with Crippen LogP contribution in [0, 0.1) is 6.92 Å². The van der Waals surface area contributed by atoms with E-state index in [4.69, 9.17) is 9.47 Å². The maximum absolute atomic E-state index is 12.3. The highest BCUT2D eigenvalue weighted by molar-refractivity contribution is 5.75. The van der Waals surface area contributed by atoms with Crippen LogP contribution in [-0.2, 0) is 17.9 Å². The van der Waals surface area contributed by atoms with Gasteiger partial charge in [0.1, 0.15) is 6.54 Å². The molecule has 4 rings (SSSR count). The summed E-state index contributed by atoms with van der Waals surface area (Å²) in [6, 6.07) is 14.7. The number of carbonyl (C=O) groups excluding carboxylic acids is 1. The summed E-state index contributed by atoms with van der Waals surface area (Å²) in [6.07, 6.45) is 1.40. The van der Waals surface area contributed by atoms with Crippen molar-refractivity contribution in [2.75, 3.05) is 6.79 Å². The molecule has 1 aliphatic rings. The van der Waals surface area contributed by atoms with E-state index >= 15 is 0 Å². The van der Waals surface area contributed by atoms with E-state index in [0.717, 1.165) is 16.7 Å². The first-order valence-electron chi connectivity index (χ1n) is 8.87. The molecule has 2 aromatic carbocycles. The van der Waals surface area contributed by atoms with Crippen LogP contribution in [0.4, 0.5) is 0 Å². The van der Waals surface area contributed by atoms with Gasteiger partial charge in [-0.05, 0) is 24.6 Å². The highest BCUT2D eigenvalue weighted by Gasteiger charge is 2.13. The number of aromatic nitrogens is 2. The molecule has 0 spiro atoms. The molecule has 0 saturated heterocycles. The van der Waals surface area contributed by atoms with Crippen LogP contribution in [0.2, 0.25) is 0 Å². The van der Waals surface area contributed by atoms with E-state index in [2.05, 4.69) is 10.3 Å². The first-order valence-corrected chi connectivity index (χ1v) is 8.87. The lowest BCUT2D eigenvalue weighted by Crippen LogP contribution is -2.31. The average molecular weight is 377 g/mol. The predicted octanol–water partition coefficient (Wildman–Crippen LogP) is 2.26. The van der Waals surface area contributed by atoms with Crippen LogP contribution in [0.3, 0.4) is 0 Å². The van der Waals surface area contributed by atoms with E-state index < -0.39 is 0 Å². The van der Waals surface area contributed by atoms with Gasteiger partial charge in [-0.1, -0.05) is 35.9 Å². The summed E-state index contributed by atoms with van der Waals surface area (Å²) in [6.45, 7) is 2.45. The summed E-state index contributed by atoms with van der Waals surface area (Å²) in [4.78, 5) is 28.8. The zero-order chi connectivity index (χ0) is 19.5. The van der Waals surface area contributed by atoms with Crippen molar-refractivity contribution in [2.24, 2.45) is 0 Å². The van der Waals surface area contributed by atoms with Gasteiger partial charge in [0.25, 0.3) is 5.56 Å². The van der Waals surface area contributed by atoms with Crippen LogP contribution in [0.15, 0.2) is 59.7 Å². The molecule has 1 N–H and O–H groups in total. The van der Waals surface area contributed by atoms with E-state index in [1.165, 1.54) is 17.0 Å². The second-order valence-electron chi connectivity index (χ2n) is 6.57. The number of carbonyl (C=O) groups is 1. The van der Waals surface area contributed by atoms with Crippen molar-refractivity contribution in [2.45, 2.75) is 20.0 Å². The maximum atomic E-state index is 12.3. The number of nitrogens with one attached hydrogen (secondary N) is 1. The third-order valence-electron chi connectivity index (χ3n) is 4.47. The van der Waals surface area contributed by atoms with Crippen LogP contribution in [0.5, 0.6) is 11.5 Å². The number of fused-ring (bicyclic) bond motifs is 1. The molecule has 7 nitrogen and oxygen atoms in total. The van der Waals surface area contributed by atoms with E-state index in [1.807, 2.05) is 49.4 Å². The number of benzene rings is 2. The lowest BCUT2D eigenvalue weighted by Gasteiger charge is -2.09. The lowest BCUT2D eigenvalue weighted by atomic mass is 10.1. The Morgan fingerprint density at radius 1 is 1.11 bits per heavy atom. The van der Waals surface area contributed by atoms with Crippen LogP contribution < -0.4 is 20.3 Å². The third kappa shape index (κ3) is 3.88. The molecule has 0 radical (unpaired) electrons. The van der Waals surface area contributed by atoms with E-state index in [9.17, 15) is 9.59 Å². The Balaban J connectivity index is 1.39. The van der Waals surface area contributed by atoms with Gasteiger partial charge in [0, 0.05) is 18.2 Å². The Labute approximate surface area is 161 Å². The molecular weight excluding hydrogens is 358 g/mol. The van der Waals surface area contributed by atoms with Gasteiger partial charge in [0.15, 0.2) is 11.5 Å². The zero-order valence-electron chi connectivity index (χ0n) is 15.3. The quantitative estimate of drug-likeness (QED) is 0.738. The number of aryl methyl sites for hydroxylation is 1. The zero-order valence-corrected chi connectivity index (χ0v) is 15.3. The lowest BCUT2D eigenvalue weighted by molar-refractivity contribution is -0.121. The fourth-order valence-corrected chi connectivity index (χ4v) is 2.89. The molecule has 0 unspecified atom stereocenters. The minimum Gasteiger partial charge on any atom is -0.454 e. The Kier molecular flexibility index (Phi) is 4.80. The number of ether oxygens (including phenoxy) is 2. The Morgan fingerprint density at radius 2 is 1.89 bits per heavy atom. The second kappa shape index (κ2) is 7.56. The van der Waals surface area contributed by atoms with Gasteiger partial charge in [-0.2, -0.15) is 0 Å². The van der Waals surface area contributed by atoms with Crippen LogP contribution >= 0.6 is 0 Å². The van der Waals surface area contributed by atoms with Gasteiger partial charge < -0.3 is 14.8 Å². The van der Waals surface area contributed by atoms with Crippen molar-refractivity contribution in [1.82, 2.24) is 14.9 Å². The Hall–Kier alpha value is -3.61. The van der Waals surface area contributed by atoms with Crippen molar-refractivity contribution in [3.63, 3.8) is 0 Å². The van der Waals surface area contributed by atoms with Gasteiger partial charge in [-0.15, -0.1) is 0 Å². The smallest absolute Gasteiger partial charge is 0.254 e. The minimum atomic E-state index is -0.274. The molecule has 1 aliphatic heterocycles. The monoisotopic (exact) mass is 377 g/mol. The largest absolute Gasteiger partial charge is 0.454 e. The van der Waals surface area contributed by atoms with Crippen molar-refractivity contribution in [3.8, 4) is 22.8 Å². The highest BCUT2D eigenvalue weighted by atomic mass is 16.7. The van der Waals surface area contributed by atoms with Gasteiger partial charge in [0.05, 0.1) is 12.0 Å². The SMILES string of the molecule is Cc1ccc(-c2cc(=O)n(CC(=O)NCc3ccc4c(c3)OCO4)cn2)cc1. The summed E-state index contributed by atoms with van der Waals surface area (Å²) in [5.41, 5.74) is 3.20. The molecule has 0 bridgehead atoms. The van der Waals surface area contributed by atoms with Crippen molar-refractivity contribution < 1.29 is 14.3 Å². The van der Waals surface area contributed by atoms with E-state index in [0.29, 0.717) is 23.7 Å². The van der Waals surface area contributed by atoms with Gasteiger partial charge in [-0.3, -0.25) is 14.2 Å². The normalized spacial score (nSPS) is 12.0. The molecule has 3 aromatic rings. The molecular formula is C21H19N3O4. The molecule has 0 aliphatic carbocycles. The van der Waals surface area contributed by atoms with Crippen LogP contribution in [-0.4, -0.2) is 22.3 Å². The molecule has 0 saturated carbocycles. The molecule has 7 heteroatoms. The molecule has 28 heavy (non-hydrogen) atoms. The second-order valence-corrected chi connectivity index (χ2v) is 6.57. The van der Waals surface area contributed by atoms with E-state index in [-0.39, 0.29) is 24.8 Å². The molecule has 142 valence electrons. The number of amides is 1.